The fourth-order valence-corrected chi connectivity index (χ4v) is 4.74. The molecular weight excluding hydrogens is 455 g/mol. The summed E-state index contributed by atoms with van der Waals surface area (Å²) in [6.07, 6.45) is 0. The van der Waals surface area contributed by atoms with Gasteiger partial charge in [-0.1, -0.05) is 72.9 Å². The smallest absolute Gasteiger partial charge is 0.262 e. The van der Waals surface area contributed by atoms with E-state index in [1.807, 2.05) is 12.1 Å². The summed E-state index contributed by atoms with van der Waals surface area (Å²) >= 11 is 12.7. The molecule has 1 heterocycles. The first kappa shape index (κ1) is 23.3. The molecule has 1 N–H and O–H groups in total. The number of hydrogen-bond acceptors (Lipinski definition) is 4. The van der Waals surface area contributed by atoms with Crippen molar-refractivity contribution in [1.82, 2.24) is 10.1 Å². The van der Waals surface area contributed by atoms with Gasteiger partial charge in [-0.05, 0) is 72.7 Å². The van der Waals surface area contributed by atoms with Crippen LogP contribution in [0.4, 0.5) is 0 Å². The van der Waals surface area contributed by atoms with E-state index in [2.05, 4.69) is 63.8 Å². The van der Waals surface area contributed by atoms with Crippen molar-refractivity contribution in [3.8, 4) is 39.7 Å². The monoisotopic (exact) mass is 480 g/mol. The number of hydrogen-bond donors (Lipinski definition) is 1. The number of rotatable bonds is 3. The highest BCUT2D eigenvalue weighted by Gasteiger charge is 2.25. The zero-order chi connectivity index (χ0) is 24.1. The van der Waals surface area contributed by atoms with Gasteiger partial charge in [0.05, 0.1) is 21.2 Å². The lowest BCUT2D eigenvalue weighted by atomic mass is 9.82. The molecule has 4 nitrogen and oxygen atoms in total. The van der Waals surface area contributed by atoms with E-state index >= 15 is 0 Å². The molecule has 0 radical (unpaired) electrons. The van der Waals surface area contributed by atoms with Crippen molar-refractivity contribution in [2.75, 3.05) is 0 Å². The molecule has 170 valence electrons. The van der Waals surface area contributed by atoms with Crippen molar-refractivity contribution < 1.29 is 9.63 Å². The third-order valence-electron chi connectivity index (χ3n) is 5.77. The Morgan fingerprint density at radius 3 is 2.00 bits per heavy atom. The second-order valence-electron chi connectivity index (χ2n) is 9.46. The first-order valence-electron chi connectivity index (χ1n) is 10.7. The molecule has 0 fully saturated rings. The summed E-state index contributed by atoms with van der Waals surface area (Å²) in [4.78, 5) is 4.54. The van der Waals surface area contributed by atoms with Gasteiger partial charge in [0, 0.05) is 5.56 Å². The van der Waals surface area contributed by atoms with E-state index in [9.17, 15) is 5.11 Å². The first-order valence-corrected chi connectivity index (χ1v) is 11.5. The molecule has 33 heavy (non-hydrogen) atoms. The van der Waals surface area contributed by atoms with Crippen LogP contribution in [0.15, 0.2) is 47.0 Å². The van der Waals surface area contributed by atoms with Crippen molar-refractivity contribution in [1.29, 1.82) is 0 Å². The van der Waals surface area contributed by atoms with Crippen LogP contribution < -0.4 is 0 Å². The first-order chi connectivity index (χ1) is 15.5. The van der Waals surface area contributed by atoms with Gasteiger partial charge >= 0.3 is 0 Å². The number of phenolic OH excluding ortho intramolecular Hbond substituents is 1. The van der Waals surface area contributed by atoms with Gasteiger partial charge in [-0.3, -0.25) is 0 Å². The minimum Gasteiger partial charge on any atom is -0.506 e. The molecule has 0 atom stereocenters. The average Bonchev–Trinajstić information content (AvgIpc) is 3.17. The number of phenols is 1. The number of halogens is 2. The second kappa shape index (κ2) is 8.51. The number of benzene rings is 3. The Morgan fingerprint density at radius 2 is 1.42 bits per heavy atom. The normalized spacial score (nSPS) is 11.8. The van der Waals surface area contributed by atoms with E-state index in [1.165, 1.54) is 5.56 Å². The lowest BCUT2D eigenvalue weighted by Gasteiger charge is -2.23. The van der Waals surface area contributed by atoms with Gasteiger partial charge in [0.2, 0.25) is 5.82 Å². The van der Waals surface area contributed by atoms with Gasteiger partial charge in [0.1, 0.15) is 5.75 Å². The van der Waals surface area contributed by atoms with Crippen molar-refractivity contribution in [2.45, 2.75) is 47.0 Å². The maximum Gasteiger partial charge on any atom is 0.262 e. The summed E-state index contributed by atoms with van der Waals surface area (Å²) in [6, 6.07) is 13.4. The summed E-state index contributed by atoms with van der Waals surface area (Å²) in [5, 5.41) is 16.4. The Hall–Kier alpha value is -2.82. The van der Waals surface area contributed by atoms with Crippen molar-refractivity contribution in [2.24, 2.45) is 0 Å². The molecule has 4 rings (SSSR count). The van der Waals surface area contributed by atoms with E-state index in [4.69, 9.17) is 27.7 Å². The zero-order valence-electron chi connectivity index (χ0n) is 19.5. The molecule has 0 unspecified atom stereocenters. The van der Waals surface area contributed by atoms with Crippen LogP contribution in [-0.4, -0.2) is 15.2 Å². The van der Waals surface area contributed by atoms with Gasteiger partial charge in [-0.25, -0.2) is 0 Å². The maximum atomic E-state index is 11.4. The van der Waals surface area contributed by atoms with Crippen LogP contribution in [0, 0.1) is 20.8 Å². The molecule has 3 aromatic carbocycles. The topological polar surface area (TPSA) is 59.2 Å². The lowest BCUT2D eigenvalue weighted by molar-refractivity contribution is 0.425. The van der Waals surface area contributed by atoms with E-state index < -0.39 is 0 Å². The highest BCUT2D eigenvalue weighted by Crippen LogP contribution is 2.44. The SMILES string of the molecule is Cc1cc(C)c(-c2cc(C(C)(C)C)cc(-c3nc(-c4c(Cl)cccc4Cl)no3)c2O)c(C)c1. The predicted octanol–water partition coefficient (Wildman–Crippen LogP) is 8.31. The highest BCUT2D eigenvalue weighted by molar-refractivity contribution is 6.38. The standard InChI is InChI=1S/C27H26Cl2N2O2/c1-14-10-15(2)22(16(3)11-14)18-12-17(27(4,5)6)13-19(24(18)32)26-30-25(31-33-26)23-20(28)8-7-9-21(23)29/h7-13,32H,1-6H3. The van der Waals surface area contributed by atoms with Crippen molar-refractivity contribution in [3.63, 3.8) is 0 Å². The fourth-order valence-electron chi connectivity index (χ4n) is 4.17. The molecule has 0 aliphatic rings. The zero-order valence-corrected chi connectivity index (χ0v) is 21.1. The summed E-state index contributed by atoms with van der Waals surface area (Å²) < 4.78 is 5.60. The van der Waals surface area contributed by atoms with Crippen LogP contribution in [0.1, 0.15) is 43.0 Å². The Morgan fingerprint density at radius 1 is 0.848 bits per heavy atom. The van der Waals surface area contributed by atoms with Crippen molar-refractivity contribution >= 4 is 23.2 Å². The highest BCUT2D eigenvalue weighted by atomic mass is 35.5. The lowest BCUT2D eigenvalue weighted by Crippen LogP contribution is -2.11. The van der Waals surface area contributed by atoms with Gasteiger partial charge in [-0.2, -0.15) is 4.98 Å². The second-order valence-corrected chi connectivity index (χ2v) is 10.3. The molecule has 4 aromatic rings. The van der Waals surface area contributed by atoms with Crippen LogP contribution in [0.2, 0.25) is 10.0 Å². The van der Waals surface area contributed by atoms with Gasteiger partial charge in [-0.15, -0.1) is 0 Å². The molecule has 0 saturated carbocycles. The molecular formula is C27H26Cl2N2O2. The number of nitrogens with zero attached hydrogens (tertiary/aromatic N) is 2. The molecule has 1 aromatic heterocycles. The largest absolute Gasteiger partial charge is 0.506 e. The summed E-state index contributed by atoms with van der Waals surface area (Å²) in [7, 11) is 0. The van der Waals surface area contributed by atoms with E-state index in [1.54, 1.807) is 18.2 Å². The van der Waals surface area contributed by atoms with Crippen LogP contribution in [0.5, 0.6) is 5.75 Å². The fraction of sp³-hybridized carbons (Fsp3) is 0.259. The van der Waals surface area contributed by atoms with Crippen LogP contribution >= 0.6 is 23.2 Å². The Bertz CT molecular complexity index is 1320. The molecule has 0 aliphatic heterocycles. The summed E-state index contributed by atoms with van der Waals surface area (Å²) in [5.41, 5.74) is 6.94. The quantitative estimate of drug-likeness (QED) is 0.320. The Labute approximate surface area is 204 Å². The molecule has 0 saturated heterocycles. The number of aromatic nitrogens is 2. The van der Waals surface area contributed by atoms with Gasteiger partial charge in [0.25, 0.3) is 5.89 Å². The molecule has 0 bridgehead atoms. The summed E-state index contributed by atoms with van der Waals surface area (Å²) in [6.45, 7) is 12.6. The van der Waals surface area contributed by atoms with Crippen LogP contribution in [-0.2, 0) is 5.41 Å². The average molecular weight is 481 g/mol. The number of aromatic hydroxyl groups is 1. The van der Waals surface area contributed by atoms with Gasteiger partial charge in [0.15, 0.2) is 0 Å². The van der Waals surface area contributed by atoms with Crippen molar-refractivity contribution in [3.05, 3.63) is 74.8 Å². The predicted molar refractivity (Wildman–Crippen MR) is 135 cm³/mol. The van der Waals surface area contributed by atoms with E-state index in [0.29, 0.717) is 21.2 Å². The minimum absolute atomic E-state index is 0.0958. The van der Waals surface area contributed by atoms with E-state index in [0.717, 1.165) is 27.8 Å². The van der Waals surface area contributed by atoms with Crippen LogP contribution in [0.3, 0.4) is 0 Å². The molecule has 0 aliphatic carbocycles. The third-order valence-corrected chi connectivity index (χ3v) is 6.40. The van der Waals surface area contributed by atoms with Crippen LogP contribution in [0.25, 0.3) is 34.0 Å². The molecule has 6 heteroatoms. The maximum absolute atomic E-state index is 11.4. The molecule has 0 spiro atoms. The van der Waals surface area contributed by atoms with E-state index in [-0.39, 0.29) is 22.9 Å². The Kier molecular flexibility index (Phi) is 6.02. The number of aryl methyl sites for hydroxylation is 3. The Balaban J connectivity index is 1.96. The summed E-state index contributed by atoms with van der Waals surface area (Å²) in [5.74, 6) is 0.567. The molecule has 0 amide bonds. The third kappa shape index (κ3) is 4.38. The van der Waals surface area contributed by atoms with Gasteiger partial charge < -0.3 is 9.63 Å². The minimum atomic E-state index is -0.168.